The number of sulfonamides is 1. The number of nitrogens with one attached hydrogen (secondary N) is 1. The zero-order valence-electron chi connectivity index (χ0n) is 23.9. The lowest BCUT2D eigenvalue weighted by Crippen LogP contribution is -2.54. The predicted octanol–water partition coefficient (Wildman–Crippen LogP) is 6.19. The molecule has 1 atom stereocenters. The van der Waals surface area contributed by atoms with Crippen molar-refractivity contribution in [3.05, 3.63) is 94.5 Å². The smallest absolute Gasteiger partial charge is 0.350 e. The normalized spacial score (nSPS) is 12.9. The number of aryl methyl sites for hydroxylation is 1. The lowest BCUT2D eigenvalue weighted by Gasteiger charge is -2.33. The number of halogens is 4. The van der Waals surface area contributed by atoms with Crippen LogP contribution in [-0.4, -0.2) is 43.3 Å². The van der Waals surface area contributed by atoms with Gasteiger partial charge < -0.3 is 10.2 Å². The van der Waals surface area contributed by atoms with Gasteiger partial charge >= 0.3 is 6.18 Å². The third-order valence-electron chi connectivity index (χ3n) is 6.25. The third kappa shape index (κ3) is 8.25. The molecule has 0 saturated heterocycles. The number of hydrogen-bond donors (Lipinski definition) is 1. The van der Waals surface area contributed by atoms with Crippen LogP contribution < -0.4 is 9.62 Å². The quantitative estimate of drug-likeness (QED) is 0.308. The van der Waals surface area contributed by atoms with Crippen LogP contribution in [0.2, 0.25) is 5.02 Å². The molecule has 0 unspecified atom stereocenters. The topological polar surface area (TPSA) is 86.8 Å². The monoisotopic (exact) mass is 623 g/mol. The van der Waals surface area contributed by atoms with Gasteiger partial charge in [0.05, 0.1) is 21.2 Å². The Labute approximate surface area is 249 Å². The fourth-order valence-corrected chi connectivity index (χ4v) is 5.85. The van der Waals surface area contributed by atoms with Crippen molar-refractivity contribution >= 4 is 39.1 Å². The molecule has 42 heavy (non-hydrogen) atoms. The SMILES string of the molecule is Cc1cccc(CN(C(=O)CN(c2ccc(Cl)c(C(F)(F)F)c2)S(=O)(=O)c2ccccc2)[C@H](C)C(=O)NC(C)(C)C)c1. The van der Waals surface area contributed by atoms with Gasteiger partial charge in [0, 0.05) is 12.1 Å². The zero-order valence-corrected chi connectivity index (χ0v) is 25.4. The van der Waals surface area contributed by atoms with Crippen LogP contribution in [0.4, 0.5) is 18.9 Å². The Kier molecular flexibility index (Phi) is 10.00. The molecule has 0 bridgehead atoms. The second-order valence-electron chi connectivity index (χ2n) is 10.9. The van der Waals surface area contributed by atoms with Gasteiger partial charge in [0.1, 0.15) is 12.6 Å². The Balaban J connectivity index is 2.12. The molecule has 3 rings (SSSR count). The highest BCUT2D eigenvalue weighted by molar-refractivity contribution is 7.92. The number of carbonyl (C=O) groups is 2. The first-order chi connectivity index (χ1) is 19.4. The fourth-order valence-electron chi connectivity index (χ4n) is 4.20. The van der Waals surface area contributed by atoms with Gasteiger partial charge in [-0.2, -0.15) is 13.2 Å². The fraction of sp³-hybridized carbons (Fsp3) is 0.333. The highest BCUT2D eigenvalue weighted by Crippen LogP contribution is 2.38. The predicted molar refractivity (Wildman–Crippen MR) is 157 cm³/mol. The minimum Gasteiger partial charge on any atom is -0.350 e. The van der Waals surface area contributed by atoms with Crippen molar-refractivity contribution in [2.75, 3.05) is 10.8 Å². The van der Waals surface area contributed by atoms with Gasteiger partial charge in [-0.15, -0.1) is 0 Å². The Morgan fingerprint density at radius 3 is 2.17 bits per heavy atom. The van der Waals surface area contributed by atoms with Crippen LogP contribution in [0.3, 0.4) is 0 Å². The van der Waals surface area contributed by atoms with Crippen LogP contribution in [-0.2, 0) is 32.3 Å². The molecule has 0 radical (unpaired) electrons. The summed E-state index contributed by atoms with van der Waals surface area (Å²) in [7, 11) is -4.54. The molecule has 3 aromatic rings. The van der Waals surface area contributed by atoms with Crippen molar-refractivity contribution in [3.63, 3.8) is 0 Å². The molecule has 1 N–H and O–H groups in total. The molecule has 0 saturated carbocycles. The van der Waals surface area contributed by atoms with Crippen molar-refractivity contribution in [3.8, 4) is 0 Å². The lowest BCUT2D eigenvalue weighted by atomic mass is 10.1. The molecule has 226 valence electrons. The summed E-state index contributed by atoms with van der Waals surface area (Å²) in [6, 6.07) is 15.9. The largest absolute Gasteiger partial charge is 0.417 e. The summed E-state index contributed by atoms with van der Waals surface area (Å²) < 4.78 is 69.4. The molecular formula is C30H33ClF3N3O4S. The summed E-state index contributed by atoms with van der Waals surface area (Å²) in [4.78, 5) is 28.1. The van der Waals surface area contributed by atoms with Gasteiger partial charge in [0.2, 0.25) is 11.8 Å². The van der Waals surface area contributed by atoms with Gasteiger partial charge in [0.25, 0.3) is 10.0 Å². The van der Waals surface area contributed by atoms with Gasteiger partial charge in [-0.3, -0.25) is 13.9 Å². The molecule has 0 aromatic heterocycles. The minimum absolute atomic E-state index is 0.0487. The zero-order chi connectivity index (χ0) is 31.5. The number of rotatable bonds is 9. The third-order valence-corrected chi connectivity index (χ3v) is 8.37. The van der Waals surface area contributed by atoms with E-state index in [0.29, 0.717) is 15.9 Å². The lowest BCUT2D eigenvalue weighted by molar-refractivity contribution is -0.140. The van der Waals surface area contributed by atoms with Crippen molar-refractivity contribution < 1.29 is 31.2 Å². The summed E-state index contributed by atoms with van der Waals surface area (Å²) in [6.07, 6.45) is -4.88. The standard InChI is InChI=1S/C30H33ClF3N3O4S/c1-20-10-9-11-22(16-20)18-36(21(2)28(39)35-29(3,4)5)27(38)19-37(42(40,41)24-12-7-6-8-13-24)23-14-15-26(31)25(17-23)30(32,33)34/h6-17,21H,18-19H2,1-5H3,(H,35,39)/t21-/m1/s1. The van der Waals surface area contributed by atoms with E-state index in [0.717, 1.165) is 17.7 Å². The van der Waals surface area contributed by atoms with Crippen molar-refractivity contribution in [2.45, 2.75) is 63.8 Å². The van der Waals surface area contributed by atoms with Crippen molar-refractivity contribution in [1.82, 2.24) is 10.2 Å². The second-order valence-corrected chi connectivity index (χ2v) is 13.2. The Hall–Kier alpha value is -3.57. The van der Waals surface area contributed by atoms with E-state index in [1.807, 2.05) is 19.1 Å². The van der Waals surface area contributed by atoms with E-state index in [2.05, 4.69) is 5.32 Å². The summed E-state index contributed by atoms with van der Waals surface area (Å²) in [6.45, 7) is 7.76. The van der Waals surface area contributed by atoms with E-state index in [4.69, 9.17) is 11.6 Å². The molecule has 0 spiro atoms. The van der Waals surface area contributed by atoms with Crippen LogP contribution in [0, 0.1) is 6.92 Å². The van der Waals surface area contributed by atoms with E-state index in [1.54, 1.807) is 39.0 Å². The van der Waals surface area contributed by atoms with Crippen LogP contribution >= 0.6 is 11.6 Å². The molecule has 7 nitrogen and oxygen atoms in total. The maximum absolute atomic E-state index is 13.9. The first-order valence-corrected chi connectivity index (χ1v) is 14.8. The number of benzene rings is 3. The number of hydrogen-bond acceptors (Lipinski definition) is 4. The molecular weight excluding hydrogens is 591 g/mol. The van der Waals surface area contributed by atoms with Crippen LogP contribution in [0.5, 0.6) is 0 Å². The number of carbonyl (C=O) groups excluding carboxylic acids is 2. The average Bonchev–Trinajstić information content (AvgIpc) is 2.89. The van der Waals surface area contributed by atoms with Crippen molar-refractivity contribution in [1.29, 1.82) is 0 Å². The van der Waals surface area contributed by atoms with E-state index < -0.39 is 62.4 Å². The Morgan fingerprint density at radius 2 is 1.60 bits per heavy atom. The highest BCUT2D eigenvalue weighted by atomic mass is 35.5. The van der Waals surface area contributed by atoms with Gasteiger partial charge in [-0.25, -0.2) is 8.42 Å². The maximum Gasteiger partial charge on any atom is 0.417 e. The van der Waals surface area contributed by atoms with E-state index in [1.165, 1.54) is 36.1 Å². The molecule has 0 aliphatic carbocycles. The Morgan fingerprint density at radius 1 is 0.952 bits per heavy atom. The molecule has 0 aliphatic rings. The number of alkyl halides is 3. The first kappa shape index (κ1) is 32.9. The highest BCUT2D eigenvalue weighted by Gasteiger charge is 2.37. The van der Waals surface area contributed by atoms with E-state index in [9.17, 15) is 31.2 Å². The summed E-state index contributed by atoms with van der Waals surface area (Å²) >= 11 is 5.80. The summed E-state index contributed by atoms with van der Waals surface area (Å²) in [5.41, 5.74) is -0.699. The average molecular weight is 624 g/mol. The van der Waals surface area contributed by atoms with E-state index in [-0.39, 0.29) is 11.4 Å². The Bertz CT molecular complexity index is 1540. The second kappa shape index (κ2) is 12.7. The summed E-state index contributed by atoms with van der Waals surface area (Å²) in [5, 5.41) is 2.20. The number of amides is 2. The molecule has 0 fully saturated rings. The van der Waals surface area contributed by atoms with Gasteiger partial charge in [-0.05, 0) is 70.5 Å². The van der Waals surface area contributed by atoms with Crippen LogP contribution in [0.15, 0.2) is 77.7 Å². The van der Waals surface area contributed by atoms with Crippen molar-refractivity contribution in [2.24, 2.45) is 0 Å². The van der Waals surface area contributed by atoms with Gasteiger partial charge in [0.15, 0.2) is 0 Å². The minimum atomic E-state index is -4.88. The molecule has 0 heterocycles. The van der Waals surface area contributed by atoms with Crippen LogP contribution in [0.25, 0.3) is 0 Å². The molecule has 2 amide bonds. The maximum atomic E-state index is 13.9. The van der Waals surface area contributed by atoms with Gasteiger partial charge in [-0.1, -0.05) is 59.6 Å². The molecule has 3 aromatic carbocycles. The van der Waals surface area contributed by atoms with Crippen LogP contribution in [0.1, 0.15) is 44.4 Å². The number of nitrogens with zero attached hydrogens (tertiary/aromatic N) is 2. The number of anilines is 1. The molecule has 12 heteroatoms. The van der Waals surface area contributed by atoms with E-state index >= 15 is 0 Å². The first-order valence-electron chi connectivity index (χ1n) is 13.0. The summed E-state index contributed by atoms with van der Waals surface area (Å²) in [5.74, 6) is -1.28. The molecule has 0 aliphatic heterocycles.